The molecular weight excluding hydrogens is 242 g/mol. The third-order valence-electron chi connectivity index (χ3n) is 3.08. The summed E-state index contributed by atoms with van der Waals surface area (Å²) < 4.78 is 5.27. The van der Waals surface area contributed by atoms with Crippen molar-refractivity contribution in [3.63, 3.8) is 0 Å². The number of nitrogens with zero attached hydrogens (tertiary/aromatic N) is 1. The second kappa shape index (κ2) is 5.10. The fraction of sp³-hybridized carbons (Fsp3) is 0.200. The van der Waals surface area contributed by atoms with E-state index in [0.717, 1.165) is 22.4 Å². The van der Waals surface area contributed by atoms with Crippen LogP contribution in [0.4, 0.5) is 0 Å². The van der Waals surface area contributed by atoms with Crippen LogP contribution in [0.1, 0.15) is 21.5 Å². The van der Waals surface area contributed by atoms with Crippen LogP contribution in [0.3, 0.4) is 0 Å². The third-order valence-corrected chi connectivity index (χ3v) is 3.08. The van der Waals surface area contributed by atoms with Gasteiger partial charge in [0.15, 0.2) is 0 Å². The molecule has 0 radical (unpaired) electrons. The summed E-state index contributed by atoms with van der Waals surface area (Å²) >= 11 is 0. The fourth-order valence-corrected chi connectivity index (χ4v) is 2.10. The van der Waals surface area contributed by atoms with Crippen molar-refractivity contribution in [2.24, 2.45) is 0 Å². The van der Waals surface area contributed by atoms with E-state index >= 15 is 0 Å². The van der Waals surface area contributed by atoms with Crippen molar-refractivity contribution < 1.29 is 14.6 Å². The number of aryl methyl sites for hydroxylation is 2. The lowest BCUT2D eigenvalue weighted by atomic mass is 9.95. The van der Waals surface area contributed by atoms with Crippen LogP contribution >= 0.6 is 0 Å². The van der Waals surface area contributed by atoms with Gasteiger partial charge in [0.25, 0.3) is 0 Å². The van der Waals surface area contributed by atoms with Gasteiger partial charge in [-0.1, -0.05) is 0 Å². The molecule has 0 atom stereocenters. The van der Waals surface area contributed by atoms with E-state index in [4.69, 9.17) is 4.74 Å². The van der Waals surface area contributed by atoms with Crippen molar-refractivity contribution in [2.75, 3.05) is 7.11 Å². The van der Waals surface area contributed by atoms with Crippen LogP contribution in [-0.2, 0) is 0 Å². The first-order chi connectivity index (χ1) is 9.04. The first-order valence-electron chi connectivity index (χ1n) is 5.87. The molecule has 2 rings (SSSR count). The number of rotatable bonds is 3. The molecule has 0 unspecified atom stereocenters. The molecule has 0 aliphatic rings. The summed E-state index contributed by atoms with van der Waals surface area (Å²) in [6.45, 7) is 3.87. The molecule has 2 aromatic rings. The van der Waals surface area contributed by atoms with Gasteiger partial charge < -0.3 is 9.84 Å². The topological polar surface area (TPSA) is 59.4 Å². The van der Waals surface area contributed by atoms with Crippen molar-refractivity contribution in [3.05, 3.63) is 47.3 Å². The average Bonchev–Trinajstić information content (AvgIpc) is 2.40. The molecule has 0 bridgehead atoms. The van der Waals surface area contributed by atoms with Gasteiger partial charge in [0.05, 0.1) is 12.7 Å². The Morgan fingerprint density at radius 3 is 2.58 bits per heavy atom. The minimum atomic E-state index is -0.976. The van der Waals surface area contributed by atoms with E-state index in [9.17, 15) is 9.90 Å². The number of aromatic nitrogens is 1. The van der Waals surface area contributed by atoms with Gasteiger partial charge in [-0.05, 0) is 54.3 Å². The number of benzene rings is 1. The first-order valence-corrected chi connectivity index (χ1v) is 5.87. The molecule has 1 aromatic heterocycles. The van der Waals surface area contributed by atoms with Crippen molar-refractivity contribution in [1.29, 1.82) is 0 Å². The minimum absolute atomic E-state index is 0.204. The summed E-state index contributed by atoms with van der Waals surface area (Å²) in [6.07, 6.45) is 2.97. The van der Waals surface area contributed by atoms with Gasteiger partial charge in [-0.25, -0.2) is 4.79 Å². The van der Waals surface area contributed by atoms with Crippen LogP contribution in [0.25, 0.3) is 11.1 Å². The van der Waals surface area contributed by atoms with E-state index in [1.165, 1.54) is 6.20 Å². The quantitative estimate of drug-likeness (QED) is 0.918. The maximum Gasteiger partial charge on any atom is 0.337 e. The summed E-state index contributed by atoms with van der Waals surface area (Å²) in [5, 5.41) is 9.22. The molecule has 0 fully saturated rings. The maximum absolute atomic E-state index is 11.2. The van der Waals surface area contributed by atoms with Crippen LogP contribution in [0.2, 0.25) is 0 Å². The molecule has 0 saturated carbocycles. The number of carboxylic acids is 1. The monoisotopic (exact) mass is 257 g/mol. The number of pyridine rings is 1. The molecule has 0 aliphatic heterocycles. The molecule has 1 heterocycles. The van der Waals surface area contributed by atoms with Gasteiger partial charge in [-0.3, -0.25) is 4.98 Å². The highest BCUT2D eigenvalue weighted by Gasteiger charge is 2.14. The lowest BCUT2D eigenvalue weighted by Gasteiger charge is -2.13. The van der Waals surface area contributed by atoms with Gasteiger partial charge in [0, 0.05) is 12.4 Å². The van der Waals surface area contributed by atoms with Crippen molar-refractivity contribution >= 4 is 5.97 Å². The van der Waals surface area contributed by atoms with Crippen molar-refractivity contribution in [2.45, 2.75) is 13.8 Å². The second-order valence-electron chi connectivity index (χ2n) is 4.36. The highest BCUT2D eigenvalue weighted by atomic mass is 16.5. The third kappa shape index (κ3) is 2.42. The Balaban J connectivity index is 2.66. The van der Waals surface area contributed by atoms with Crippen LogP contribution < -0.4 is 4.74 Å². The molecular formula is C15H15NO3. The zero-order chi connectivity index (χ0) is 14.0. The predicted molar refractivity (Wildman–Crippen MR) is 72.7 cm³/mol. The summed E-state index contributed by atoms with van der Waals surface area (Å²) in [5.41, 5.74) is 3.70. The van der Waals surface area contributed by atoms with Crippen LogP contribution in [0, 0.1) is 13.8 Å². The number of ether oxygens (including phenoxy) is 1. The highest BCUT2D eigenvalue weighted by Crippen LogP contribution is 2.31. The Kier molecular flexibility index (Phi) is 3.51. The largest absolute Gasteiger partial charge is 0.496 e. The lowest BCUT2D eigenvalue weighted by Crippen LogP contribution is -2.01. The van der Waals surface area contributed by atoms with Crippen LogP contribution in [0.15, 0.2) is 30.6 Å². The molecule has 1 aromatic carbocycles. The SMILES string of the molecule is COc1cc(C)c(-c2ccncc2C(=O)O)cc1C. The molecule has 0 amide bonds. The highest BCUT2D eigenvalue weighted by molar-refractivity contribution is 5.96. The Morgan fingerprint density at radius 1 is 1.21 bits per heavy atom. The summed E-state index contributed by atoms with van der Waals surface area (Å²) in [5.74, 6) is -0.178. The molecule has 0 saturated heterocycles. The first kappa shape index (κ1) is 13.1. The Labute approximate surface area is 111 Å². The number of hydrogen-bond acceptors (Lipinski definition) is 3. The zero-order valence-electron chi connectivity index (χ0n) is 11.1. The number of carboxylic acid groups (broad SMARTS) is 1. The van der Waals surface area contributed by atoms with Crippen LogP contribution in [0.5, 0.6) is 5.75 Å². The van der Waals surface area contributed by atoms with Gasteiger partial charge in [0.1, 0.15) is 5.75 Å². The molecule has 4 nitrogen and oxygen atoms in total. The summed E-state index contributed by atoms with van der Waals surface area (Å²) in [6, 6.07) is 5.57. The predicted octanol–water partition coefficient (Wildman–Crippen LogP) is 3.07. The molecule has 19 heavy (non-hydrogen) atoms. The lowest BCUT2D eigenvalue weighted by molar-refractivity contribution is 0.0697. The number of carbonyl (C=O) groups is 1. The molecule has 0 aliphatic carbocycles. The summed E-state index contributed by atoms with van der Waals surface area (Å²) in [4.78, 5) is 15.1. The van der Waals surface area contributed by atoms with Crippen molar-refractivity contribution in [1.82, 2.24) is 4.98 Å². The zero-order valence-corrected chi connectivity index (χ0v) is 11.1. The molecule has 0 spiro atoms. The Bertz CT molecular complexity index is 635. The van der Waals surface area contributed by atoms with E-state index in [2.05, 4.69) is 4.98 Å². The maximum atomic E-state index is 11.2. The van der Waals surface area contributed by atoms with E-state index in [1.807, 2.05) is 26.0 Å². The minimum Gasteiger partial charge on any atom is -0.496 e. The molecule has 4 heteroatoms. The van der Waals surface area contributed by atoms with E-state index in [0.29, 0.717) is 5.56 Å². The van der Waals surface area contributed by atoms with Gasteiger partial charge in [0.2, 0.25) is 0 Å². The summed E-state index contributed by atoms with van der Waals surface area (Å²) in [7, 11) is 1.62. The number of aromatic carboxylic acids is 1. The second-order valence-corrected chi connectivity index (χ2v) is 4.36. The Hall–Kier alpha value is -2.36. The normalized spacial score (nSPS) is 10.3. The fourth-order valence-electron chi connectivity index (χ4n) is 2.10. The van der Waals surface area contributed by atoms with E-state index < -0.39 is 5.97 Å². The van der Waals surface area contributed by atoms with Crippen LogP contribution in [-0.4, -0.2) is 23.2 Å². The van der Waals surface area contributed by atoms with Gasteiger partial charge >= 0.3 is 5.97 Å². The number of methoxy groups -OCH3 is 1. The van der Waals surface area contributed by atoms with Gasteiger partial charge in [-0.2, -0.15) is 0 Å². The van der Waals surface area contributed by atoms with E-state index in [1.54, 1.807) is 19.4 Å². The van der Waals surface area contributed by atoms with Gasteiger partial charge in [-0.15, -0.1) is 0 Å². The van der Waals surface area contributed by atoms with E-state index in [-0.39, 0.29) is 5.56 Å². The van der Waals surface area contributed by atoms with Crippen molar-refractivity contribution in [3.8, 4) is 16.9 Å². The standard InChI is InChI=1S/C15H15NO3/c1-9-7-14(19-3)10(2)6-12(9)11-4-5-16-8-13(11)15(17)18/h4-8H,1-3H3,(H,17,18). The average molecular weight is 257 g/mol. The Morgan fingerprint density at radius 2 is 1.95 bits per heavy atom. The molecule has 98 valence electrons. The molecule has 1 N–H and O–H groups in total. The smallest absolute Gasteiger partial charge is 0.337 e. The number of hydrogen-bond donors (Lipinski definition) is 1.